The molecule has 4 rings (SSSR count). The molecule has 3 aromatic rings. The van der Waals surface area contributed by atoms with Gasteiger partial charge in [0.1, 0.15) is 24.8 Å². The Hall–Kier alpha value is -4.14. The fourth-order valence-corrected chi connectivity index (χ4v) is 5.84. The molecule has 0 unspecified atom stereocenters. The molecule has 0 saturated carbocycles. The average molecular weight is 750 g/mol. The van der Waals surface area contributed by atoms with E-state index in [0.29, 0.717) is 55.2 Å². The highest BCUT2D eigenvalue weighted by Gasteiger charge is 2.32. The smallest absolute Gasteiger partial charge is 0.337 e. The molecule has 1 aliphatic rings. The Balaban J connectivity index is 1.37. The number of allylic oxidation sites excluding steroid dienone is 1. The van der Waals surface area contributed by atoms with Crippen LogP contribution < -0.4 is 30.3 Å². The lowest BCUT2D eigenvalue weighted by molar-refractivity contribution is -0.136. The third kappa shape index (κ3) is 8.96. The molecule has 238 valence electrons. The maximum absolute atomic E-state index is 13.5. The number of halogens is 3. The number of methoxy groups -OCH3 is 1. The predicted molar refractivity (Wildman–Crippen MR) is 172 cm³/mol. The molecule has 0 fully saturated rings. The lowest BCUT2D eigenvalue weighted by Gasteiger charge is -2.28. The second-order valence-electron chi connectivity index (χ2n) is 9.65. The molecule has 2 amide bonds. The highest BCUT2D eigenvalue weighted by molar-refractivity contribution is 9.11. The largest absolute Gasteiger partial charge is 0.490 e. The van der Waals surface area contributed by atoms with Gasteiger partial charge in [0.2, 0.25) is 0 Å². The Labute approximate surface area is 276 Å². The zero-order valence-corrected chi connectivity index (χ0v) is 27.7. The van der Waals surface area contributed by atoms with Gasteiger partial charge in [-0.05, 0) is 98.8 Å². The molecule has 11 nitrogen and oxygen atoms in total. The topological polar surface area (TPSA) is 140 Å². The number of rotatable bonds is 13. The summed E-state index contributed by atoms with van der Waals surface area (Å²) in [6, 6.07) is 13.5. The van der Waals surface area contributed by atoms with Gasteiger partial charge < -0.3 is 34.7 Å². The molecule has 1 heterocycles. The van der Waals surface area contributed by atoms with Crippen LogP contribution in [0.3, 0.4) is 0 Å². The summed E-state index contributed by atoms with van der Waals surface area (Å²) in [5.41, 5.74) is 5.21. The van der Waals surface area contributed by atoms with Gasteiger partial charge in [-0.1, -0.05) is 18.2 Å². The predicted octanol–water partition coefficient (Wildman–Crippen LogP) is 5.45. The van der Waals surface area contributed by atoms with Crippen molar-refractivity contribution in [2.45, 2.75) is 32.7 Å². The van der Waals surface area contributed by atoms with Crippen molar-refractivity contribution in [3.63, 3.8) is 0 Å². The molecule has 0 radical (unpaired) electrons. The van der Waals surface area contributed by atoms with Gasteiger partial charge in [0.25, 0.3) is 0 Å². The standard InChI is InChI=1S/C31H31Br2FN4O7/c1-4-43-25-13-20(28-27(30(40)42-3)17(2)36-31(41)37-28)8-9-24(25)44-16-26(39)38-35-14-19-11-22(32)29(23(33)12-19)45-15-18-6-5-7-21(34)10-18/h5-14,26,28,38-39H,4,15-16H2,1-3H3,(H2,36,37,41)/b35-14-/t26-,28+/m1/s1. The van der Waals surface area contributed by atoms with E-state index < -0.39 is 24.3 Å². The van der Waals surface area contributed by atoms with Crippen molar-refractivity contribution >= 4 is 50.1 Å². The summed E-state index contributed by atoms with van der Waals surface area (Å²) in [7, 11) is 1.27. The summed E-state index contributed by atoms with van der Waals surface area (Å²) in [6.45, 7) is 3.76. The Morgan fingerprint density at radius 1 is 1.11 bits per heavy atom. The van der Waals surface area contributed by atoms with Gasteiger partial charge in [0, 0.05) is 5.70 Å². The van der Waals surface area contributed by atoms with Crippen molar-refractivity contribution < 1.29 is 38.0 Å². The first kappa shape index (κ1) is 33.7. The lowest BCUT2D eigenvalue weighted by atomic mass is 9.95. The number of benzene rings is 3. The maximum Gasteiger partial charge on any atom is 0.337 e. The van der Waals surface area contributed by atoms with E-state index >= 15 is 0 Å². The number of carbonyl (C=O) groups is 2. The van der Waals surface area contributed by atoms with Gasteiger partial charge in [-0.25, -0.2) is 14.0 Å². The highest BCUT2D eigenvalue weighted by atomic mass is 79.9. The van der Waals surface area contributed by atoms with Gasteiger partial charge in [0.15, 0.2) is 17.7 Å². The van der Waals surface area contributed by atoms with Crippen LogP contribution >= 0.6 is 31.9 Å². The number of hydrazone groups is 1. The maximum atomic E-state index is 13.5. The highest BCUT2D eigenvalue weighted by Crippen LogP contribution is 2.36. The van der Waals surface area contributed by atoms with E-state index in [1.54, 1.807) is 56.3 Å². The van der Waals surface area contributed by atoms with Crippen molar-refractivity contribution in [1.82, 2.24) is 16.1 Å². The van der Waals surface area contributed by atoms with E-state index in [4.69, 9.17) is 18.9 Å². The van der Waals surface area contributed by atoms with Crippen LogP contribution in [0.25, 0.3) is 0 Å². The summed E-state index contributed by atoms with van der Waals surface area (Å²) >= 11 is 6.97. The van der Waals surface area contributed by atoms with Gasteiger partial charge in [-0.15, -0.1) is 0 Å². The van der Waals surface area contributed by atoms with Crippen LogP contribution in [0.4, 0.5) is 9.18 Å². The van der Waals surface area contributed by atoms with Crippen LogP contribution in [0, 0.1) is 5.82 Å². The fourth-order valence-electron chi connectivity index (χ4n) is 4.39. The number of nitrogens with zero attached hydrogens (tertiary/aromatic N) is 1. The number of ether oxygens (including phenoxy) is 4. The molecule has 0 bridgehead atoms. The molecule has 45 heavy (non-hydrogen) atoms. The van der Waals surface area contributed by atoms with E-state index in [-0.39, 0.29) is 24.6 Å². The Kier molecular flexibility index (Phi) is 11.8. The number of nitrogens with one attached hydrogen (secondary N) is 3. The number of hydrogen-bond acceptors (Lipinski definition) is 9. The third-order valence-corrected chi connectivity index (χ3v) is 7.58. The summed E-state index contributed by atoms with van der Waals surface area (Å²) in [5.74, 6) is 0.329. The first-order chi connectivity index (χ1) is 21.6. The lowest BCUT2D eigenvalue weighted by Crippen LogP contribution is -2.45. The zero-order valence-electron chi connectivity index (χ0n) is 24.5. The third-order valence-electron chi connectivity index (χ3n) is 6.40. The quantitative estimate of drug-likeness (QED) is 0.0784. The zero-order chi connectivity index (χ0) is 32.5. The van der Waals surface area contributed by atoms with Crippen molar-refractivity contribution in [3.05, 3.63) is 97.3 Å². The summed E-state index contributed by atoms with van der Waals surface area (Å²) < 4.78 is 37.0. The number of esters is 1. The number of aliphatic hydroxyl groups excluding tert-OH is 1. The first-order valence-electron chi connectivity index (χ1n) is 13.7. The van der Waals surface area contributed by atoms with Gasteiger partial charge >= 0.3 is 12.0 Å². The second kappa shape index (κ2) is 15.7. The van der Waals surface area contributed by atoms with Gasteiger partial charge in [-0.2, -0.15) is 5.10 Å². The second-order valence-corrected chi connectivity index (χ2v) is 11.4. The Morgan fingerprint density at radius 3 is 2.56 bits per heavy atom. The summed E-state index contributed by atoms with van der Waals surface area (Å²) in [6.07, 6.45) is 0.341. The molecule has 0 saturated heterocycles. The molecule has 2 atom stereocenters. The minimum Gasteiger partial charge on any atom is -0.490 e. The Bertz CT molecular complexity index is 1600. The SMILES string of the molecule is CCOc1cc([C@@H]2NC(=O)NC(C)=C2C(=O)OC)ccc1OC[C@@H](O)N/N=C\c1cc(Br)c(OCc2cccc(F)c2)c(Br)c1. The number of urea groups is 1. The van der Waals surface area contributed by atoms with E-state index in [1.165, 1.54) is 25.5 Å². The van der Waals surface area contributed by atoms with E-state index in [2.05, 4.69) is 53.0 Å². The minimum atomic E-state index is -1.17. The normalized spacial score (nSPS) is 15.3. The summed E-state index contributed by atoms with van der Waals surface area (Å²) in [5, 5.41) is 19.8. The van der Waals surface area contributed by atoms with Crippen LogP contribution in [-0.4, -0.2) is 49.9 Å². The van der Waals surface area contributed by atoms with Crippen LogP contribution in [0.15, 0.2) is 79.9 Å². The van der Waals surface area contributed by atoms with Crippen LogP contribution in [-0.2, 0) is 16.1 Å². The van der Waals surface area contributed by atoms with Crippen molar-refractivity contribution in [2.75, 3.05) is 20.3 Å². The monoisotopic (exact) mass is 748 g/mol. The van der Waals surface area contributed by atoms with Gasteiger partial charge in [-0.3, -0.25) is 5.43 Å². The number of amides is 2. The van der Waals surface area contributed by atoms with Crippen LogP contribution in [0.5, 0.6) is 17.2 Å². The number of hydrogen-bond donors (Lipinski definition) is 4. The summed E-state index contributed by atoms with van der Waals surface area (Å²) in [4.78, 5) is 24.6. The number of carbonyl (C=O) groups excluding carboxylic acids is 2. The number of aliphatic hydroxyl groups is 1. The molecule has 0 spiro atoms. The van der Waals surface area contributed by atoms with Crippen molar-refractivity contribution in [3.8, 4) is 17.2 Å². The van der Waals surface area contributed by atoms with E-state index in [0.717, 1.165) is 0 Å². The van der Waals surface area contributed by atoms with E-state index in [9.17, 15) is 19.1 Å². The molecule has 0 aromatic heterocycles. The van der Waals surface area contributed by atoms with E-state index in [1.807, 2.05) is 0 Å². The molecule has 1 aliphatic heterocycles. The molecular weight excluding hydrogens is 719 g/mol. The molecule has 3 aromatic carbocycles. The van der Waals surface area contributed by atoms with Crippen LogP contribution in [0.1, 0.15) is 36.6 Å². The molecular formula is C31H31Br2FN4O7. The van der Waals surface area contributed by atoms with Crippen molar-refractivity contribution in [2.24, 2.45) is 5.10 Å². The Morgan fingerprint density at radius 2 is 1.87 bits per heavy atom. The first-order valence-corrected chi connectivity index (χ1v) is 15.3. The fraction of sp³-hybridized carbons (Fsp3) is 0.258. The molecule has 4 N–H and O–H groups in total. The minimum absolute atomic E-state index is 0.173. The molecule has 14 heteroatoms. The molecule has 0 aliphatic carbocycles. The average Bonchev–Trinajstić information content (AvgIpc) is 2.99. The van der Waals surface area contributed by atoms with Gasteiger partial charge in [0.05, 0.1) is 40.5 Å². The van der Waals surface area contributed by atoms with Crippen LogP contribution in [0.2, 0.25) is 0 Å². The van der Waals surface area contributed by atoms with Crippen molar-refractivity contribution in [1.29, 1.82) is 0 Å².